The lowest BCUT2D eigenvalue weighted by Crippen LogP contribution is -2.60. The van der Waals surface area contributed by atoms with Crippen LogP contribution < -0.4 is 5.32 Å². The third kappa shape index (κ3) is 54.6. The Hall–Kier alpha value is -3.15. The number of nitrogens with one attached hydrogen (secondary N) is 1. The highest BCUT2D eigenvalue weighted by atomic mass is 16.7. The zero-order valence-corrected chi connectivity index (χ0v) is 57.0. The maximum absolute atomic E-state index is 13.1. The smallest absolute Gasteiger partial charge is 0.220 e. The molecule has 508 valence electrons. The van der Waals surface area contributed by atoms with E-state index in [-0.39, 0.29) is 12.5 Å². The van der Waals surface area contributed by atoms with Crippen LogP contribution in [0.5, 0.6) is 0 Å². The molecule has 9 nitrogen and oxygen atoms in total. The predicted octanol–water partition coefficient (Wildman–Crippen LogP) is 20.8. The van der Waals surface area contributed by atoms with Gasteiger partial charge in [-0.2, -0.15) is 0 Å². The largest absolute Gasteiger partial charge is 0.394 e. The fraction of sp³-hybridized carbons (Fsp3) is 0.759. The Labute approximate surface area is 542 Å². The second kappa shape index (κ2) is 66.8. The highest BCUT2D eigenvalue weighted by Crippen LogP contribution is 2.23. The van der Waals surface area contributed by atoms with Crippen molar-refractivity contribution in [2.75, 3.05) is 13.2 Å². The molecular weight excluding hydrogens is 1090 g/mol. The van der Waals surface area contributed by atoms with Crippen LogP contribution >= 0.6 is 0 Å². The van der Waals surface area contributed by atoms with Crippen LogP contribution in [0.15, 0.2) is 109 Å². The van der Waals surface area contributed by atoms with E-state index < -0.39 is 49.5 Å². The number of aliphatic hydroxyl groups is 5. The molecule has 1 amide bonds. The normalized spacial score (nSPS) is 18.6. The van der Waals surface area contributed by atoms with Crippen molar-refractivity contribution < 1.29 is 39.8 Å². The summed E-state index contributed by atoms with van der Waals surface area (Å²) in [7, 11) is 0. The second-order valence-electron chi connectivity index (χ2n) is 25.3. The van der Waals surface area contributed by atoms with Crippen molar-refractivity contribution in [3.05, 3.63) is 109 Å². The zero-order chi connectivity index (χ0) is 63.5. The average molecular weight is 1230 g/mol. The number of unbranched alkanes of at least 4 members (excludes halogenated alkanes) is 38. The number of ether oxygens (including phenoxy) is 2. The Balaban J connectivity index is 2.11. The van der Waals surface area contributed by atoms with E-state index >= 15 is 0 Å². The fourth-order valence-electron chi connectivity index (χ4n) is 11.3. The molecule has 1 heterocycles. The van der Waals surface area contributed by atoms with Crippen LogP contribution in [0.2, 0.25) is 0 Å². The monoisotopic (exact) mass is 1230 g/mol. The van der Waals surface area contributed by atoms with Crippen LogP contribution in [-0.2, 0) is 14.3 Å². The van der Waals surface area contributed by atoms with Gasteiger partial charge in [0.2, 0.25) is 5.91 Å². The maximum atomic E-state index is 13.1. The number of rotatable bonds is 64. The van der Waals surface area contributed by atoms with E-state index in [1.54, 1.807) is 6.08 Å². The lowest BCUT2D eigenvalue weighted by atomic mass is 9.99. The van der Waals surface area contributed by atoms with Gasteiger partial charge in [-0.25, -0.2) is 0 Å². The molecule has 0 aliphatic carbocycles. The van der Waals surface area contributed by atoms with Crippen molar-refractivity contribution in [2.45, 2.75) is 371 Å². The summed E-state index contributed by atoms with van der Waals surface area (Å²) >= 11 is 0. The third-order valence-corrected chi connectivity index (χ3v) is 17.1. The van der Waals surface area contributed by atoms with Gasteiger partial charge in [-0.1, -0.05) is 335 Å². The van der Waals surface area contributed by atoms with Gasteiger partial charge in [-0.05, 0) is 96.3 Å². The summed E-state index contributed by atoms with van der Waals surface area (Å²) in [6.07, 6.45) is 92.1. The van der Waals surface area contributed by atoms with Crippen molar-refractivity contribution in [3.63, 3.8) is 0 Å². The summed E-state index contributed by atoms with van der Waals surface area (Å²) in [5.41, 5.74) is 0. The number of carbonyl (C=O) groups is 1. The van der Waals surface area contributed by atoms with E-state index in [2.05, 4.69) is 116 Å². The van der Waals surface area contributed by atoms with Crippen molar-refractivity contribution in [1.82, 2.24) is 5.32 Å². The quantitative estimate of drug-likeness (QED) is 0.0261. The molecule has 1 saturated heterocycles. The molecule has 0 aromatic carbocycles. The topological polar surface area (TPSA) is 149 Å². The lowest BCUT2D eigenvalue weighted by Gasteiger charge is -2.40. The Morgan fingerprint density at radius 2 is 0.716 bits per heavy atom. The van der Waals surface area contributed by atoms with Crippen molar-refractivity contribution in [3.8, 4) is 0 Å². The molecule has 1 aliphatic rings. The van der Waals surface area contributed by atoms with Gasteiger partial charge >= 0.3 is 0 Å². The maximum Gasteiger partial charge on any atom is 0.220 e. The minimum Gasteiger partial charge on any atom is -0.394 e. The van der Waals surface area contributed by atoms with Crippen LogP contribution in [0, 0.1) is 0 Å². The van der Waals surface area contributed by atoms with E-state index in [1.165, 1.54) is 225 Å². The van der Waals surface area contributed by atoms with Crippen LogP contribution in [-0.4, -0.2) is 87.5 Å². The molecule has 0 radical (unpaired) electrons. The van der Waals surface area contributed by atoms with Crippen LogP contribution in [0.25, 0.3) is 0 Å². The average Bonchev–Trinajstić information content (AvgIpc) is 3.65. The number of hydrogen-bond donors (Lipinski definition) is 6. The first kappa shape index (κ1) is 82.9. The molecule has 88 heavy (non-hydrogen) atoms. The SMILES string of the molecule is CC/C=C\C/C=C\C/C=C\C/C=C\C/C=C\C/C=C\CCCCCCCCCCCCCCCCCCCCCCC(=O)NC(COC1OC(CO)C(O)C(O)C1O)C(O)/C=C/CC/C=C/CC/C=C/CCCCCCCCCCCCCCCCCC. The Kier molecular flexibility index (Phi) is 62.9. The van der Waals surface area contributed by atoms with E-state index in [9.17, 15) is 30.3 Å². The molecule has 7 unspecified atom stereocenters. The first-order valence-corrected chi connectivity index (χ1v) is 37.1. The highest BCUT2D eigenvalue weighted by molar-refractivity contribution is 5.76. The van der Waals surface area contributed by atoms with Crippen LogP contribution in [0.3, 0.4) is 0 Å². The second-order valence-corrected chi connectivity index (χ2v) is 25.3. The lowest BCUT2D eigenvalue weighted by molar-refractivity contribution is -0.302. The Morgan fingerprint density at radius 1 is 0.398 bits per heavy atom. The number of hydrogen-bond acceptors (Lipinski definition) is 8. The van der Waals surface area contributed by atoms with E-state index in [0.717, 1.165) is 83.5 Å². The minimum absolute atomic E-state index is 0.188. The van der Waals surface area contributed by atoms with Gasteiger partial charge in [0.05, 0.1) is 25.4 Å². The number of carbonyl (C=O) groups excluding carboxylic acids is 1. The number of aliphatic hydroxyl groups excluding tert-OH is 5. The minimum atomic E-state index is -1.58. The Bertz CT molecular complexity index is 1760. The molecule has 0 aromatic rings. The zero-order valence-electron chi connectivity index (χ0n) is 57.0. The summed E-state index contributed by atoms with van der Waals surface area (Å²) in [4.78, 5) is 13.1. The Morgan fingerprint density at radius 3 is 1.09 bits per heavy atom. The molecule has 1 fully saturated rings. The third-order valence-electron chi connectivity index (χ3n) is 17.1. The van der Waals surface area contributed by atoms with E-state index in [1.807, 2.05) is 6.08 Å². The highest BCUT2D eigenvalue weighted by Gasteiger charge is 2.44. The van der Waals surface area contributed by atoms with Crippen molar-refractivity contribution >= 4 is 5.91 Å². The molecular formula is C79H139NO8. The van der Waals surface area contributed by atoms with Crippen molar-refractivity contribution in [2.24, 2.45) is 0 Å². The van der Waals surface area contributed by atoms with E-state index in [0.29, 0.717) is 6.42 Å². The van der Waals surface area contributed by atoms with Crippen LogP contribution in [0.1, 0.15) is 328 Å². The summed E-state index contributed by atoms with van der Waals surface area (Å²) in [6.45, 7) is 3.68. The van der Waals surface area contributed by atoms with Gasteiger partial charge in [-0.15, -0.1) is 0 Å². The predicted molar refractivity (Wildman–Crippen MR) is 377 cm³/mol. The molecule has 7 atom stereocenters. The fourth-order valence-corrected chi connectivity index (χ4v) is 11.3. The van der Waals surface area contributed by atoms with Gasteiger partial charge < -0.3 is 40.3 Å². The first-order chi connectivity index (χ1) is 43.3. The van der Waals surface area contributed by atoms with Crippen LogP contribution in [0.4, 0.5) is 0 Å². The van der Waals surface area contributed by atoms with Gasteiger partial charge in [0.25, 0.3) is 0 Å². The summed E-state index contributed by atoms with van der Waals surface area (Å²) in [6, 6.07) is -0.834. The molecule has 6 N–H and O–H groups in total. The van der Waals surface area contributed by atoms with Gasteiger partial charge in [-0.3, -0.25) is 4.79 Å². The molecule has 1 aliphatic heterocycles. The van der Waals surface area contributed by atoms with Gasteiger partial charge in [0.15, 0.2) is 6.29 Å². The van der Waals surface area contributed by atoms with E-state index in [4.69, 9.17) is 9.47 Å². The molecule has 0 spiro atoms. The van der Waals surface area contributed by atoms with Gasteiger partial charge in [0, 0.05) is 6.42 Å². The molecule has 0 aromatic heterocycles. The number of allylic oxidation sites excluding steroid dienone is 17. The first-order valence-electron chi connectivity index (χ1n) is 37.1. The summed E-state index contributed by atoms with van der Waals surface area (Å²) < 4.78 is 11.3. The van der Waals surface area contributed by atoms with Gasteiger partial charge in [0.1, 0.15) is 24.4 Å². The van der Waals surface area contributed by atoms with Crippen molar-refractivity contribution in [1.29, 1.82) is 0 Å². The molecule has 0 saturated carbocycles. The molecule has 0 bridgehead atoms. The molecule has 9 heteroatoms. The summed E-state index contributed by atoms with van der Waals surface area (Å²) in [5.74, 6) is -0.188. The molecule has 1 rings (SSSR count). The summed E-state index contributed by atoms with van der Waals surface area (Å²) in [5, 5.41) is 54.8. The number of amides is 1. The standard InChI is InChI=1S/C79H139NO8/c1-3-5-7-9-11-13-15-17-19-21-23-25-27-29-31-32-33-34-35-36-37-38-39-40-41-42-43-45-47-49-51-53-55-57-59-61-63-65-67-69-75(83)80-72(71-87-79-78(86)77(85)76(84)74(70-81)88-79)73(82)68-66-64-62-60-58-56-54-52-50-48-46-44-30-28-26-24-22-20-18-16-14-12-10-8-6-4-2/h5,7,11,13,17,19,23,25,29,31,33-34,50,52,58,60,66,68,72-74,76-79,81-82,84-86H,3-4,6,8-10,12,14-16,18,20-22,24,26-28,30,32,35-49,51,53-57,59,61-65,67,69-71H2,1-2H3,(H,80,83)/b7-5-,13-11-,19-17-,25-23-,31-29-,34-33-,52-50+,60-58+,68-66+.